The summed E-state index contributed by atoms with van der Waals surface area (Å²) >= 11 is 0. The summed E-state index contributed by atoms with van der Waals surface area (Å²) in [6, 6.07) is 13.1. The number of aromatic nitrogens is 1. The molecular formula is C19H25N3O2. The molecule has 2 rings (SSSR count). The van der Waals surface area contributed by atoms with Crippen molar-refractivity contribution in [3.05, 3.63) is 59.4 Å². The number of aliphatic hydroxyl groups excluding tert-OH is 1. The smallest absolute Gasteiger partial charge is 0.251 e. The van der Waals surface area contributed by atoms with Crippen LogP contribution in [0.4, 0.5) is 5.69 Å². The molecular weight excluding hydrogens is 302 g/mol. The minimum absolute atomic E-state index is 0.0756. The van der Waals surface area contributed by atoms with E-state index in [-0.39, 0.29) is 18.6 Å². The molecule has 0 aliphatic rings. The zero-order chi connectivity index (χ0) is 17.5. The average molecular weight is 327 g/mol. The first-order valence-electron chi connectivity index (χ1n) is 8.21. The molecule has 0 saturated carbocycles. The van der Waals surface area contributed by atoms with Crippen molar-refractivity contribution in [2.45, 2.75) is 39.3 Å². The summed E-state index contributed by atoms with van der Waals surface area (Å²) in [6.45, 7) is 6.56. The van der Waals surface area contributed by atoms with E-state index in [9.17, 15) is 4.79 Å². The second-order valence-corrected chi connectivity index (χ2v) is 6.20. The third-order valence-corrected chi connectivity index (χ3v) is 3.69. The summed E-state index contributed by atoms with van der Waals surface area (Å²) in [6.07, 6.45) is 0. The van der Waals surface area contributed by atoms with Crippen molar-refractivity contribution in [1.82, 2.24) is 10.3 Å². The molecule has 5 heteroatoms. The van der Waals surface area contributed by atoms with Crippen molar-refractivity contribution in [1.29, 1.82) is 0 Å². The van der Waals surface area contributed by atoms with Crippen molar-refractivity contribution in [2.75, 3.05) is 11.9 Å². The number of benzene rings is 1. The highest BCUT2D eigenvalue weighted by atomic mass is 16.3. The van der Waals surface area contributed by atoms with Gasteiger partial charge in [-0.2, -0.15) is 0 Å². The topological polar surface area (TPSA) is 74.2 Å². The third kappa shape index (κ3) is 5.06. The van der Waals surface area contributed by atoms with E-state index in [0.29, 0.717) is 18.0 Å². The molecule has 1 atom stereocenters. The molecule has 5 nitrogen and oxygen atoms in total. The number of nitrogens with zero attached hydrogens (tertiary/aromatic N) is 1. The van der Waals surface area contributed by atoms with Crippen LogP contribution in [-0.2, 0) is 6.54 Å². The van der Waals surface area contributed by atoms with Gasteiger partial charge in [-0.05, 0) is 49.2 Å². The van der Waals surface area contributed by atoms with Crippen molar-refractivity contribution in [3.63, 3.8) is 0 Å². The molecule has 0 aliphatic heterocycles. The fourth-order valence-electron chi connectivity index (χ4n) is 2.20. The van der Waals surface area contributed by atoms with E-state index >= 15 is 0 Å². The number of hydrogen-bond acceptors (Lipinski definition) is 4. The van der Waals surface area contributed by atoms with E-state index in [0.717, 1.165) is 17.1 Å². The average Bonchev–Trinajstić information content (AvgIpc) is 2.60. The maximum Gasteiger partial charge on any atom is 0.251 e. The van der Waals surface area contributed by atoms with E-state index in [4.69, 9.17) is 5.11 Å². The second-order valence-electron chi connectivity index (χ2n) is 6.20. The second kappa shape index (κ2) is 8.45. The van der Waals surface area contributed by atoms with Crippen molar-refractivity contribution >= 4 is 11.6 Å². The number of aliphatic hydroxyl groups is 1. The first-order chi connectivity index (χ1) is 11.5. The molecule has 0 spiro atoms. The first-order valence-corrected chi connectivity index (χ1v) is 8.21. The Morgan fingerprint density at radius 3 is 2.46 bits per heavy atom. The Kier molecular flexibility index (Phi) is 6.32. The number of anilines is 1. The van der Waals surface area contributed by atoms with Crippen LogP contribution in [0, 0.1) is 0 Å². The minimum atomic E-state index is -0.255. The van der Waals surface area contributed by atoms with Crippen molar-refractivity contribution < 1.29 is 9.90 Å². The van der Waals surface area contributed by atoms with Crippen LogP contribution in [0.2, 0.25) is 0 Å². The van der Waals surface area contributed by atoms with E-state index in [1.807, 2.05) is 30.3 Å². The van der Waals surface area contributed by atoms with Gasteiger partial charge in [0.2, 0.25) is 0 Å². The van der Waals surface area contributed by atoms with Crippen LogP contribution in [0.1, 0.15) is 48.4 Å². The molecule has 1 aromatic carbocycles. The zero-order valence-corrected chi connectivity index (χ0v) is 14.4. The lowest BCUT2D eigenvalue weighted by Crippen LogP contribution is -2.34. The number of amides is 1. The highest BCUT2D eigenvalue weighted by Gasteiger charge is 2.08. The molecule has 0 aliphatic carbocycles. The van der Waals surface area contributed by atoms with Gasteiger partial charge in [-0.1, -0.05) is 19.9 Å². The quantitative estimate of drug-likeness (QED) is 0.731. The normalized spacial score (nSPS) is 12.0. The van der Waals surface area contributed by atoms with Gasteiger partial charge in [-0.3, -0.25) is 9.78 Å². The first kappa shape index (κ1) is 17.9. The standard InChI is InChI=1S/C19H25N3O2/c1-13(2)18-6-4-5-17(22-18)11-20-16-9-7-15(8-10-16)19(24)21-14(3)12-23/h4-10,13-14,20,23H,11-12H2,1-3H3,(H,21,24). The molecule has 3 N–H and O–H groups in total. The zero-order valence-electron chi connectivity index (χ0n) is 14.4. The molecule has 1 heterocycles. The van der Waals surface area contributed by atoms with Crippen LogP contribution in [0.25, 0.3) is 0 Å². The van der Waals surface area contributed by atoms with Gasteiger partial charge in [0.15, 0.2) is 0 Å². The number of rotatable bonds is 7. The SMILES string of the molecule is CC(CO)NC(=O)c1ccc(NCc2cccc(C(C)C)n2)cc1. The van der Waals surface area contributed by atoms with Crippen LogP contribution in [0.15, 0.2) is 42.5 Å². The lowest BCUT2D eigenvalue weighted by molar-refractivity contribution is 0.0922. The Balaban J connectivity index is 1.94. The van der Waals surface area contributed by atoms with Gasteiger partial charge >= 0.3 is 0 Å². The predicted molar refractivity (Wildman–Crippen MR) is 96.1 cm³/mol. The summed E-state index contributed by atoms with van der Waals surface area (Å²) < 4.78 is 0. The van der Waals surface area contributed by atoms with Crippen LogP contribution < -0.4 is 10.6 Å². The van der Waals surface area contributed by atoms with Gasteiger partial charge in [0.1, 0.15) is 0 Å². The minimum Gasteiger partial charge on any atom is -0.394 e. The Labute approximate surface area is 143 Å². The number of hydrogen-bond donors (Lipinski definition) is 3. The highest BCUT2D eigenvalue weighted by molar-refractivity contribution is 5.94. The summed E-state index contributed by atoms with van der Waals surface area (Å²) in [5.74, 6) is 0.221. The fraction of sp³-hybridized carbons (Fsp3) is 0.368. The summed E-state index contributed by atoms with van der Waals surface area (Å²) in [5, 5.41) is 15.0. The van der Waals surface area contributed by atoms with Crippen molar-refractivity contribution in [2.24, 2.45) is 0 Å². The van der Waals surface area contributed by atoms with Gasteiger partial charge in [0.05, 0.1) is 18.8 Å². The van der Waals surface area contributed by atoms with Crippen LogP contribution in [0.3, 0.4) is 0 Å². The molecule has 1 amide bonds. The highest BCUT2D eigenvalue weighted by Crippen LogP contribution is 2.14. The molecule has 1 aromatic heterocycles. The lowest BCUT2D eigenvalue weighted by atomic mass is 10.1. The van der Waals surface area contributed by atoms with Crippen molar-refractivity contribution in [3.8, 4) is 0 Å². The molecule has 1 unspecified atom stereocenters. The van der Waals surface area contributed by atoms with Crippen LogP contribution in [0.5, 0.6) is 0 Å². The molecule has 0 saturated heterocycles. The maximum atomic E-state index is 12.0. The number of nitrogens with one attached hydrogen (secondary N) is 2. The Hall–Kier alpha value is -2.40. The predicted octanol–water partition coefficient (Wildman–Crippen LogP) is 2.93. The summed E-state index contributed by atoms with van der Waals surface area (Å²) in [7, 11) is 0. The molecule has 0 bridgehead atoms. The Bertz CT molecular complexity index is 669. The number of carbonyl (C=O) groups excluding carboxylic acids is 1. The molecule has 24 heavy (non-hydrogen) atoms. The Morgan fingerprint density at radius 1 is 1.12 bits per heavy atom. The molecule has 0 fully saturated rings. The van der Waals surface area contributed by atoms with Crippen LogP contribution in [-0.4, -0.2) is 28.6 Å². The molecule has 0 radical (unpaired) electrons. The van der Waals surface area contributed by atoms with E-state index < -0.39 is 0 Å². The number of carbonyl (C=O) groups is 1. The van der Waals surface area contributed by atoms with Gasteiger partial charge < -0.3 is 15.7 Å². The monoisotopic (exact) mass is 327 g/mol. The van der Waals surface area contributed by atoms with Gasteiger partial charge in [-0.25, -0.2) is 0 Å². The third-order valence-electron chi connectivity index (χ3n) is 3.69. The Morgan fingerprint density at radius 2 is 1.83 bits per heavy atom. The summed E-state index contributed by atoms with van der Waals surface area (Å²) in [5.41, 5.74) is 3.57. The lowest BCUT2D eigenvalue weighted by Gasteiger charge is -2.12. The maximum absolute atomic E-state index is 12.0. The van der Waals surface area contributed by atoms with Gasteiger partial charge in [0, 0.05) is 23.0 Å². The van der Waals surface area contributed by atoms with Gasteiger partial charge in [-0.15, -0.1) is 0 Å². The molecule has 128 valence electrons. The largest absolute Gasteiger partial charge is 0.394 e. The fourth-order valence-corrected chi connectivity index (χ4v) is 2.20. The van der Waals surface area contributed by atoms with Gasteiger partial charge in [0.25, 0.3) is 5.91 Å². The van der Waals surface area contributed by atoms with Crippen LogP contribution >= 0.6 is 0 Å². The molecule has 2 aromatic rings. The summed E-state index contributed by atoms with van der Waals surface area (Å²) in [4.78, 5) is 16.6. The number of pyridine rings is 1. The van der Waals surface area contributed by atoms with E-state index in [2.05, 4.69) is 29.5 Å². The van der Waals surface area contributed by atoms with E-state index in [1.54, 1.807) is 19.1 Å². The van der Waals surface area contributed by atoms with E-state index in [1.165, 1.54) is 0 Å².